The molecule has 3 heterocycles. The van der Waals surface area contributed by atoms with Gasteiger partial charge in [0.1, 0.15) is 5.58 Å². The van der Waals surface area contributed by atoms with E-state index in [-0.39, 0.29) is 49.0 Å². The molecule has 0 spiro atoms. The van der Waals surface area contributed by atoms with Crippen molar-refractivity contribution in [3.63, 3.8) is 0 Å². The largest absolute Gasteiger partial charge is 0.501 e. The normalized spacial score (nSPS) is 13.0. The van der Waals surface area contributed by atoms with Crippen LogP contribution in [-0.2, 0) is 26.5 Å². The van der Waals surface area contributed by atoms with E-state index >= 15 is 0 Å². The summed E-state index contributed by atoms with van der Waals surface area (Å²) < 4.78 is 48.5. The van der Waals surface area contributed by atoms with Gasteiger partial charge in [0.15, 0.2) is 0 Å². The minimum Gasteiger partial charge on any atom is -0.501 e. The van der Waals surface area contributed by atoms with Crippen molar-refractivity contribution in [2.24, 2.45) is 5.92 Å². The number of rotatable bonds is 9. The van der Waals surface area contributed by atoms with E-state index in [1.165, 1.54) is 45.8 Å². The molecule has 10 aromatic rings. The predicted molar refractivity (Wildman–Crippen MR) is 263 cm³/mol. The van der Waals surface area contributed by atoms with Crippen molar-refractivity contribution in [3.8, 4) is 50.6 Å². The maximum atomic E-state index is 8.28. The van der Waals surface area contributed by atoms with Gasteiger partial charge in [-0.15, -0.1) is 54.1 Å². The standard InChI is InChI=1S/C43H35N2O.C16H18N.Ir/c1-27(2)36-24-32(30-16-9-6-10-17-30)25-37(28(3)4)41(36)45-39-21-12-11-20-38(39)44-43(45)35-19-13-18-34-33-23-22-31(26-40(33)46-42(34)35)29-14-7-5-8-15-29;1-12(2)9-15-10-16(17-11-13(15)3)14-7-5-4-6-8-14;/h5-18,20-28H,1-4H3;4-7,10-12H,9H2,1-3H3;/q2*-1;/i;3D3,9D2;. The Labute approximate surface area is 398 Å². The van der Waals surface area contributed by atoms with Gasteiger partial charge < -0.3 is 14.0 Å². The molecule has 1 radical (unpaired) electrons. The average Bonchev–Trinajstić information content (AvgIpc) is 3.92. The van der Waals surface area contributed by atoms with Gasteiger partial charge in [0.25, 0.3) is 0 Å². The molecular formula is C59H53IrN3O-2. The monoisotopic (exact) mass is 1020 g/mol. The molecule has 321 valence electrons. The van der Waals surface area contributed by atoms with Gasteiger partial charge in [0.05, 0.1) is 22.4 Å². The number of nitrogens with zero attached hydrogens (tertiary/aromatic N) is 3. The minimum atomic E-state index is -2.40. The van der Waals surface area contributed by atoms with E-state index in [1.807, 2.05) is 30.3 Å². The molecule has 10 rings (SSSR count). The summed E-state index contributed by atoms with van der Waals surface area (Å²) >= 11 is 0. The fourth-order valence-corrected chi connectivity index (χ4v) is 8.34. The molecule has 0 atom stereocenters. The molecule has 0 fully saturated rings. The van der Waals surface area contributed by atoms with Gasteiger partial charge in [-0.1, -0.05) is 149 Å². The van der Waals surface area contributed by atoms with Gasteiger partial charge in [-0.2, -0.15) is 0 Å². The van der Waals surface area contributed by atoms with Gasteiger partial charge >= 0.3 is 0 Å². The molecule has 0 aliphatic rings. The zero-order chi connectivity index (χ0) is 47.9. The number of benzene rings is 7. The van der Waals surface area contributed by atoms with Crippen LogP contribution in [0, 0.1) is 24.9 Å². The molecule has 0 bridgehead atoms. The second-order valence-electron chi connectivity index (χ2n) is 16.9. The van der Waals surface area contributed by atoms with Gasteiger partial charge in [0, 0.05) is 44.2 Å². The molecule has 0 aliphatic carbocycles. The molecule has 0 aliphatic heterocycles. The summed E-state index contributed by atoms with van der Waals surface area (Å²) in [5.74, 6) is 1.05. The van der Waals surface area contributed by atoms with E-state index in [1.54, 1.807) is 19.9 Å². The maximum absolute atomic E-state index is 8.28. The number of fused-ring (bicyclic) bond motifs is 4. The fraction of sp³-hybridized carbons (Fsp3) is 0.186. The summed E-state index contributed by atoms with van der Waals surface area (Å²) in [4.78, 5) is 9.49. The second-order valence-corrected chi connectivity index (χ2v) is 16.9. The molecular weight excluding hydrogens is 959 g/mol. The van der Waals surface area contributed by atoms with Crippen LogP contribution in [0.1, 0.15) is 82.5 Å². The smallest absolute Gasteiger partial charge is 0.121 e. The molecule has 64 heavy (non-hydrogen) atoms. The van der Waals surface area contributed by atoms with E-state index in [2.05, 4.69) is 165 Å². The van der Waals surface area contributed by atoms with Crippen molar-refractivity contribution in [3.05, 3.63) is 198 Å². The number of imidazole rings is 1. The number of aromatic nitrogens is 3. The first-order valence-corrected chi connectivity index (χ1v) is 21.7. The van der Waals surface area contributed by atoms with Crippen LogP contribution in [-0.4, -0.2) is 14.5 Å². The van der Waals surface area contributed by atoms with Crippen molar-refractivity contribution < 1.29 is 31.4 Å². The maximum Gasteiger partial charge on any atom is 0.121 e. The van der Waals surface area contributed by atoms with E-state index in [0.717, 1.165) is 49.9 Å². The molecule has 0 saturated heterocycles. The summed E-state index contributed by atoms with van der Waals surface area (Å²) in [6, 6.07) is 60.3. The fourth-order valence-electron chi connectivity index (χ4n) is 8.34. The molecule has 0 unspecified atom stereocenters. The Morgan fingerprint density at radius 3 is 1.98 bits per heavy atom. The minimum absolute atomic E-state index is 0. The van der Waals surface area contributed by atoms with Crippen LogP contribution in [0.5, 0.6) is 0 Å². The number of aryl methyl sites for hydroxylation is 1. The van der Waals surface area contributed by atoms with Gasteiger partial charge in [-0.3, -0.25) is 4.98 Å². The van der Waals surface area contributed by atoms with Crippen molar-refractivity contribution in [1.82, 2.24) is 14.5 Å². The van der Waals surface area contributed by atoms with E-state index in [0.29, 0.717) is 11.3 Å². The SMILES string of the molecule is CC(C)c1cc(-c2ccccc2)cc(C(C)C)c1-n1c(-c2[c-]ccc3c2oc2cc(-c4ccccc4)ccc23)nc2ccccc21.[2H]C([2H])([2H])c1cnc(-c2[c-]cccc2)cc1C([2H])([2H])C(C)C.[Ir]. The van der Waals surface area contributed by atoms with Crippen LogP contribution in [0.15, 0.2) is 168 Å². The van der Waals surface area contributed by atoms with E-state index in [4.69, 9.17) is 16.3 Å². The first-order chi connectivity index (χ1) is 32.6. The number of hydrogen-bond acceptors (Lipinski definition) is 3. The zero-order valence-corrected chi connectivity index (χ0v) is 39.3. The Bertz CT molecular complexity index is 3370. The van der Waals surface area contributed by atoms with E-state index in [9.17, 15) is 0 Å². The second kappa shape index (κ2) is 19.2. The van der Waals surface area contributed by atoms with Crippen molar-refractivity contribution in [1.29, 1.82) is 0 Å². The van der Waals surface area contributed by atoms with Crippen molar-refractivity contribution in [2.75, 3.05) is 0 Å². The van der Waals surface area contributed by atoms with Gasteiger partial charge in [-0.05, 0) is 106 Å². The third-order valence-electron chi connectivity index (χ3n) is 11.4. The number of para-hydroxylation sites is 2. The Balaban J connectivity index is 0.000000236. The number of pyridine rings is 1. The molecule has 0 N–H and O–H groups in total. The number of furan rings is 1. The van der Waals surface area contributed by atoms with E-state index < -0.39 is 13.2 Å². The third kappa shape index (κ3) is 8.89. The summed E-state index contributed by atoms with van der Waals surface area (Å²) in [6.07, 6.45) is -0.491. The molecule has 3 aromatic heterocycles. The van der Waals surface area contributed by atoms with Crippen molar-refractivity contribution in [2.45, 2.75) is 66.6 Å². The molecule has 0 amide bonds. The van der Waals surface area contributed by atoms with Crippen LogP contribution in [0.25, 0.3) is 83.6 Å². The Morgan fingerprint density at radius 2 is 1.33 bits per heavy atom. The Kier molecular flexibility index (Phi) is 11.4. The first kappa shape index (κ1) is 38.1. The summed E-state index contributed by atoms with van der Waals surface area (Å²) in [6.45, 7) is 10.2. The van der Waals surface area contributed by atoms with Crippen LogP contribution in [0.4, 0.5) is 0 Å². The molecule has 0 saturated carbocycles. The van der Waals surface area contributed by atoms with Crippen LogP contribution in [0.3, 0.4) is 0 Å². The van der Waals surface area contributed by atoms with Crippen molar-refractivity contribution >= 4 is 33.0 Å². The van der Waals surface area contributed by atoms with Gasteiger partial charge in [0.2, 0.25) is 0 Å². The van der Waals surface area contributed by atoms with Gasteiger partial charge in [-0.25, -0.2) is 0 Å². The van der Waals surface area contributed by atoms with Crippen LogP contribution in [0.2, 0.25) is 0 Å². The predicted octanol–water partition coefficient (Wildman–Crippen LogP) is 16.0. The topological polar surface area (TPSA) is 43.9 Å². The number of hydrogen-bond donors (Lipinski definition) is 0. The average molecular weight is 1020 g/mol. The quantitative estimate of drug-likeness (QED) is 0.135. The van der Waals surface area contributed by atoms with Crippen LogP contribution >= 0.6 is 0 Å². The molecule has 7 aromatic carbocycles. The Hall–Kier alpha value is -6.39. The Morgan fingerprint density at radius 1 is 0.656 bits per heavy atom. The summed E-state index contributed by atoms with van der Waals surface area (Å²) in [7, 11) is 0. The molecule has 4 nitrogen and oxygen atoms in total. The summed E-state index contributed by atoms with van der Waals surface area (Å²) in [5, 5.41) is 2.15. The molecule has 5 heteroatoms. The first-order valence-electron chi connectivity index (χ1n) is 24.2. The van der Waals surface area contributed by atoms with Crippen LogP contribution < -0.4 is 0 Å². The third-order valence-corrected chi connectivity index (χ3v) is 11.4. The zero-order valence-electron chi connectivity index (χ0n) is 41.9. The summed E-state index contributed by atoms with van der Waals surface area (Å²) in [5.41, 5.74) is 14.4.